The van der Waals surface area contributed by atoms with Gasteiger partial charge in [0.25, 0.3) is 0 Å². The summed E-state index contributed by atoms with van der Waals surface area (Å²) in [5, 5.41) is 3.04. The molecule has 0 aromatic heterocycles. The van der Waals surface area contributed by atoms with Gasteiger partial charge in [0.1, 0.15) is 24.2 Å². The van der Waals surface area contributed by atoms with Gasteiger partial charge in [-0.15, -0.1) is 12.8 Å². The fourth-order valence-electron chi connectivity index (χ4n) is 3.45. The van der Waals surface area contributed by atoms with Crippen LogP contribution in [0.15, 0.2) is 24.3 Å². The summed E-state index contributed by atoms with van der Waals surface area (Å²) in [7, 11) is 3.79. The molecule has 2 aromatic rings. The Morgan fingerprint density at radius 3 is 2.36 bits per heavy atom. The second kappa shape index (κ2) is 17.1. The standard InChI is InChI=1S/C16H26N2O.C7H5ClF2.C2H2.CH2O/c1-4-13-10-15-12-18(8-5-7-17-2)9-6-14(15)11-16(13)19-3;1-4-2-7(10)5(8)3-6(4)9;2*1-2/h10-11,17H,4-9,12H2,1-3H3;2-3H,1H3;1-2H;1H2. The van der Waals surface area contributed by atoms with Gasteiger partial charge in [0.2, 0.25) is 0 Å². The van der Waals surface area contributed by atoms with E-state index in [1.165, 1.54) is 43.1 Å². The quantitative estimate of drug-likeness (QED) is 0.350. The first-order valence-corrected chi connectivity index (χ1v) is 11.1. The van der Waals surface area contributed by atoms with Gasteiger partial charge >= 0.3 is 0 Å². The fourth-order valence-corrected chi connectivity index (χ4v) is 3.61. The normalized spacial score (nSPS) is 12.0. The van der Waals surface area contributed by atoms with Crippen LogP contribution in [0, 0.1) is 31.4 Å². The molecule has 1 heterocycles. The number of carbonyl (C=O) groups is 1. The molecule has 33 heavy (non-hydrogen) atoms. The summed E-state index contributed by atoms with van der Waals surface area (Å²) < 4.78 is 30.5. The lowest BCUT2D eigenvalue weighted by atomic mass is 9.95. The molecule has 0 unspecified atom stereocenters. The Bertz CT molecular complexity index is 825. The van der Waals surface area contributed by atoms with Gasteiger partial charge in [-0.2, -0.15) is 0 Å². The Kier molecular flexibility index (Phi) is 15.8. The molecule has 0 aliphatic carbocycles. The summed E-state index contributed by atoms with van der Waals surface area (Å²) in [4.78, 5) is 10.6. The van der Waals surface area contributed by atoms with E-state index in [1.807, 2.05) is 13.8 Å². The van der Waals surface area contributed by atoms with Gasteiger partial charge in [0.15, 0.2) is 0 Å². The third kappa shape index (κ3) is 9.91. The van der Waals surface area contributed by atoms with Gasteiger partial charge < -0.3 is 14.8 Å². The Morgan fingerprint density at radius 2 is 1.82 bits per heavy atom. The van der Waals surface area contributed by atoms with Gasteiger partial charge in [-0.3, -0.25) is 4.90 Å². The smallest absolute Gasteiger partial charge is 0.142 e. The van der Waals surface area contributed by atoms with Crippen LogP contribution >= 0.6 is 11.6 Å². The molecular formula is C26H35ClF2N2O2. The minimum Gasteiger partial charge on any atom is -0.496 e. The molecule has 1 aliphatic heterocycles. The van der Waals surface area contributed by atoms with Crippen LogP contribution in [0.4, 0.5) is 8.78 Å². The van der Waals surface area contributed by atoms with E-state index in [-0.39, 0.29) is 10.6 Å². The van der Waals surface area contributed by atoms with E-state index < -0.39 is 11.6 Å². The number of halogens is 3. The summed E-state index contributed by atoms with van der Waals surface area (Å²) in [6.07, 6.45) is 11.4. The van der Waals surface area contributed by atoms with Crippen LogP contribution in [0.25, 0.3) is 0 Å². The Morgan fingerprint density at radius 1 is 1.15 bits per heavy atom. The van der Waals surface area contributed by atoms with Crippen molar-refractivity contribution < 1.29 is 18.3 Å². The van der Waals surface area contributed by atoms with Crippen molar-refractivity contribution in [2.24, 2.45) is 0 Å². The zero-order valence-corrected chi connectivity index (χ0v) is 20.8. The molecule has 0 saturated heterocycles. The van der Waals surface area contributed by atoms with Crippen molar-refractivity contribution in [1.29, 1.82) is 0 Å². The lowest BCUT2D eigenvalue weighted by Gasteiger charge is -2.29. The number of hydrogen-bond acceptors (Lipinski definition) is 4. The van der Waals surface area contributed by atoms with Crippen LogP contribution in [-0.4, -0.2) is 45.5 Å². The molecule has 0 radical (unpaired) electrons. The second-order valence-corrected chi connectivity index (χ2v) is 7.69. The minimum absolute atomic E-state index is 0.178. The maximum atomic E-state index is 12.5. The molecule has 0 amide bonds. The Labute approximate surface area is 202 Å². The molecule has 3 rings (SSSR count). The van der Waals surface area contributed by atoms with Crippen LogP contribution < -0.4 is 10.1 Å². The van der Waals surface area contributed by atoms with E-state index in [4.69, 9.17) is 21.1 Å². The van der Waals surface area contributed by atoms with E-state index in [9.17, 15) is 8.78 Å². The lowest BCUT2D eigenvalue weighted by molar-refractivity contribution is -0.0979. The van der Waals surface area contributed by atoms with Crippen molar-refractivity contribution in [3.63, 3.8) is 0 Å². The van der Waals surface area contributed by atoms with Gasteiger partial charge in [-0.25, -0.2) is 8.78 Å². The highest BCUT2D eigenvalue weighted by Crippen LogP contribution is 2.28. The summed E-state index contributed by atoms with van der Waals surface area (Å²) >= 11 is 5.27. The molecule has 182 valence electrons. The molecular weight excluding hydrogens is 446 g/mol. The number of terminal acetylenes is 1. The average Bonchev–Trinajstić information content (AvgIpc) is 2.85. The van der Waals surface area contributed by atoms with Crippen LogP contribution in [0.1, 0.15) is 35.6 Å². The van der Waals surface area contributed by atoms with Gasteiger partial charge in [0, 0.05) is 13.1 Å². The topological polar surface area (TPSA) is 41.6 Å². The molecule has 0 spiro atoms. The maximum absolute atomic E-state index is 12.5. The van der Waals surface area contributed by atoms with Crippen molar-refractivity contribution in [1.82, 2.24) is 10.2 Å². The molecule has 0 atom stereocenters. The summed E-state index contributed by atoms with van der Waals surface area (Å²) in [6, 6.07) is 6.63. The number of aryl methyl sites for hydroxylation is 2. The molecule has 0 fully saturated rings. The molecule has 2 aromatic carbocycles. The fraction of sp³-hybridized carbons (Fsp3) is 0.423. The average molecular weight is 481 g/mol. The molecule has 0 bridgehead atoms. The van der Waals surface area contributed by atoms with Crippen molar-refractivity contribution in [3.05, 3.63) is 63.2 Å². The largest absolute Gasteiger partial charge is 0.496 e. The minimum atomic E-state index is -0.583. The monoisotopic (exact) mass is 480 g/mol. The zero-order chi connectivity index (χ0) is 25.4. The van der Waals surface area contributed by atoms with E-state index in [2.05, 4.69) is 42.1 Å². The number of methoxy groups -OCH3 is 1. The molecule has 0 saturated carbocycles. The Hall–Kier alpha value is -2.46. The first-order valence-electron chi connectivity index (χ1n) is 10.7. The van der Waals surface area contributed by atoms with Gasteiger partial charge in [-0.1, -0.05) is 24.6 Å². The molecule has 1 aliphatic rings. The van der Waals surface area contributed by atoms with E-state index in [0.29, 0.717) is 0 Å². The van der Waals surface area contributed by atoms with Crippen molar-refractivity contribution >= 4 is 18.4 Å². The number of ether oxygens (including phenoxy) is 1. The third-order valence-corrected chi connectivity index (χ3v) is 5.47. The highest BCUT2D eigenvalue weighted by Gasteiger charge is 2.18. The van der Waals surface area contributed by atoms with Crippen molar-refractivity contribution in [2.45, 2.75) is 39.7 Å². The number of benzene rings is 2. The van der Waals surface area contributed by atoms with Gasteiger partial charge in [0.05, 0.1) is 12.1 Å². The first kappa shape index (κ1) is 30.5. The third-order valence-electron chi connectivity index (χ3n) is 5.18. The number of rotatable bonds is 6. The highest BCUT2D eigenvalue weighted by molar-refractivity contribution is 6.30. The predicted molar refractivity (Wildman–Crippen MR) is 133 cm³/mol. The summed E-state index contributed by atoms with van der Waals surface area (Å²) in [5.74, 6) is -0.00292. The molecule has 7 heteroatoms. The zero-order valence-electron chi connectivity index (χ0n) is 20.0. The van der Waals surface area contributed by atoms with Crippen molar-refractivity contribution in [3.8, 4) is 18.6 Å². The molecule has 4 nitrogen and oxygen atoms in total. The number of nitrogens with zero attached hydrogens (tertiary/aromatic N) is 1. The second-order valence-electron chi connectivity index (χ2n) is 7.29. The highest BCUT2D eigenvalue weighted by atomic mass is 35.5. The maximum Gasteiger partial charge on any atom is 0.142 e. The first-order chi connectivity index (χ1) is 15.9. The lowest BCUT2D eigenvalue weighted by Crippen LogP contribution is -2.32. The van der Waals surface area contributed by atoms with E-state index in [0.717, 1.165) is 43.8 Å². The number of fused-ring (bicyclic) bond motifs is 1. The van der Waals surface area contributed by atoms with E-state index in [1.54, 1.807) is 7.11 Å². The predicted octanol–water partition coefficient (Wildman–Crippen LogP) is 5.22. The van der Waals surface area contributed by atoms with Gasteiger partial charge in [-0.05, 0) is 86.8 Å². The van der Waals surface area contributed by atoms with Crippen LogP contribution in [0.2, 0.25) is 5.02 Å². The number of hydrogen-bond donors (Lipinski definition) is 1. The molecule has 1 N–H and O–H groups in total. The van der Waals surface area contributed by atoms with Crippen LogP contribution in [0.3, 0.4) is 0 Å². The Balaban J connectivity index is 0.000000617. The van der Waals surface area contributed by atoms with Crippen LogP contribution in [-0.2, 0) is 24.2 Å². The van der Waals surface area contributed by atoms with Crippen LogP contribution in [0.5, 0.6) is 5.75 Å². The number of carbonyl (C=O) groups excluding carboxylic acids is 1. The SMILES string of the molecule is C#C.C=O.CCc1cc2c(cc1OC)CCN(CCCNC)C2.Cc1cc(F)c(Cl)cc1F. The number of nitrogens with one attached hydrogen (secondary N) is 1. The van der Waals surface area contributed by atoms with Crippen molar-refractivity contribution in [2.75, 3.05) is 33.8 Å². The summed E-state index contributed by atoms with van der Waals surface area (Å²) in [5.41, 5.74) is 4.56. The van der Waals surface area contributed by atoms with E-state index >= 15 is 0 Å². The summed E-state index contributed by atoms with van der Waals surface area (Å²) in [6.45, 7) is 10.2.